The zero-order chi connectivity index (χ0) is 17.4. The van der Waals surface area contributed by atoms with Crippen LogP contribution in [-0.2, 0) is 6.42 Å². The highest BCUT2D eigenvalue weighted by Gasteiger charge is 2.14. The van der Waals surface area contributed by atoms with Gasteiger partial charge in [0.25, 0.3) is 5.91 Å². The van der Waals surface area contributed by atoms with Crippen molar-refractivity contribution < 1.29 is 23.8 Å². The molecular formula is C18H21NO5. The molecule has 0 bridgehead atoms. The standard InChI is InChI=1S/C18H21NO5/c1-2-3-10-23-15-6-4-13(5-7-15)8-9-19-17(20)16-11-14(12-24-16)18(21)22/h4-7,11-12H,2-3,8-10H2,1H3,(H,19,20)(H,21,22). The predicted molar refractivity (Wildman–Crippen MR) is 88.5 cm³/mol. The lowest BCUT2D eigenvalue weighted by molar-refractivity contribution is 0.0695. The molecule has 0 saturated heterocycles. The second-order valence-electron chi connectivity index (χ2n) is 5.36. The Hall–Kier alpha value is -2.76. The van der Waals surface area contributed by atoms with Crippen molar-refractivity contribution in [1.29, 1.82) is 0 Å². The number of benzene rings is 1. The Labute approximate surface area is 140 Å². The van der Waals surface area contributed by atoms with Gasteiger partial charge in [0.2, 0.25) is 0 Å². The van der Waals surface area contributed by atoms with E-state index in [9.17, 15) is 9.59 Å². The van der Waals surface area contributed by atoms with E-state index in [2.05, 4.69) is 12.2 Å². The molecule has 0 aliphatic carbocycles. The number of carboxylic acids is 1. The fourth-order valence-corrected chi connectivity index (χ4v) is 2.06. The number of rotatable bonds is 9. The lowest BCUT2D eigenvalue weighted by Crippen LogP contribution is -2.25. The number of carboxylic acid groups (broad SMARTS) is 1. The van der Waals surface area contributed by atoms with E-state index in [4.69, 9.17) is 14.3 Å². The Morgan fingerprint density at radius 3 is 2.62 bits per heavy atom. The van der Waals surface area contributed by atoms with Crippen molar-refractivity contribution in [2.24, 2.45) is 0 Å². The molecule has 0 fully saturated rings. The monoisotopic (exact) mass is 331 g/mol. The summed E-state index contributed by atoms with van der Waals surface area (Å²) >= 11 is 0. The largest absolute Gasteiger partial charge is 0.494 e. The van der Waals surface area contributed by atoms with Crippen molar-refractivity contribution in [1.82, 2.24) is 5.32 Å². The SMILES string of the molecule is CCCCOc1ccc(CCNC(=O)c2cc(C(=O)O)co2)cc1. The van der Waals surface area contributed by atoms with Crippen molar-refractivity contribution in [2.45, 2.75) is 26.2 Å². The van der Waals surface area contributed by atoms with Gasteiger partial charge < -0.3 is 19.6 Å². The molecule has 0 radical (unpaired) electrons. The van der Waals surface area contributed by atoms with E-state index in [1.165, 1.54) is 6.07 Å². The Morgan fingerprint density at radius 1 is 1.25 bits per heavy atom. The molecule has 6 nitrogen and oxygen atoms in total. The van der Waals surface area contributed by atoms with Crippen molar-refractivity contribution in [2.75, 3.05) is 13.2 Å². The lowest BCUT2D eigenvalue weighted by Gasteiger charge is -2.07. The summed E-state index contributed by atoms with van der Waals surface area (Å²) in [6.07, 6.45) is 3.84. The molecule has 1 aromatic heterocycles. The van der Waals surface area contributed by atoms with Gasteiger partial charge in [-0.3, -0.25) is 4.79 Å². The Bertz CT molecular complexity index is 675. The van der Waals surface area contributed by atoms with Crippen LogP contribution in [0.2, 0.25) is 0 Å². The van der Waals surface area contributed by atoms with Crippen LogP contribution in [0.5, 0.6) is 5.75 Å². The van der Waals surface area contributed by atoms with Gasteiger partial charge in [-0.2, -0.15) is 0 Å². The fraction of sp³-hybridized carbons (Fsp3) is 0.333. The molecule has 0 aliphatic rings. The Balaban J connectivity index is 1.76. The van der Waals surface area contributed by atoms with E-state index in [0.717, 1.165) is 30.4 Å². The maximum absolute atomic E-state index is 11.9. The van der Waals surface area contributed by atoms with E-state index in [-0.39, 0.29) is 11.3 Å². The van der Waals surface area contributed by atoms with Crippen LogP contribution in [0.4, 0.5) is 0 Å². The van der Waals surface area contributed by atoms with E-state index < -0.39 is 11.9 Å². The van der Waals surface area contributed by atoms with Gasteiger partial charge in [-0.15, -0.1) is 0 Å². The molecule has 0 unspecified atom stereocenters. The van der Waals surface area contributed by atoms with Gasteiger partial charge in [0, 0.05) is 12.6 Å². The van der Waals surface area contributed by atoms with Crippen molar-refractivity contribution in [3.05, 3.63) is 53.5 Å². The second-order valence-corrected chi connectivity index (χ2v) is 5.36. The number of ether oxygens (including phenoxy) is 1. The second kappa shape index (κ2) is 8.76. The highest BCUT2D eigenvalue weighted by molar-refractivity contribution is 5.95. The summed E-state index contributed by atoms with van der Waals surface area (Å²) in [5, 5.41) is 11.5. The van der Waals surface area contributed by atoms with Gasteiger partial charge in [-0.05, 0) is 30.5 Å². The topological polar surface area (TPSA) is 88.8 Å². The molecule has 6 heteroatoms. The zero-order valence-electron chi connectivity index (χ0n) is 13.6. The maximum Gasteiger partial charge on any atom is 0.338 e. The number of nitrogens with one attached hydrogen (secondary N) is 1. The minimum absolute atomic E-state index is 0.00734. The molecule has 24 heavy (non-hydrogen) atoms. The van der Waals surface area contributed by atoms with Gasteiger partial charge in [0.15, 0.2) is 5.76 Å². The summed E-state index contributed by atoms with van der Waals surface area (Å²) in [4.78, 5) is 22.6. The lowest BCUT2D eigenvalue weighted by atomic mass is 10.1. The minimum atomic E-state index is -1.13. The smallest absolute Gasteiger partial charge is 0.338 e. The normalized spacial score (nSPS) is 10.4. The summed E-state index contributed by atoms with van der Waals surface area (Å²) in [5.74, 6) is -0.721. The highest BCUT2D eigenvalue weighted by Crippen LogP contribution is 2.13. The summed E-state index contributed by atoms with van der Waals surface area (Å²) in [6, 6.07) is 8.96. The van der Waals surface area contributed by atoms with E-state index >= 15 is 0 Å². The first-order valence-corrected chi connectivity index (χ1v) is 7.92. The summed E-state index contributed by atoms with van der Waals surface area (Å²) in [7, 11) is 0. The summed E-state index contributed by atoms with van der Waals surface area (Å²) in [6.45, 7) is 3.26. The fourth-order valence-electron chi connectivity index (χ4n) is 2.06. The average molecular weight is 331 g/mol. The molecule has 0 spiro atoms. The first kappa shape index (κ1) is 17.6. The van der Waals surface area contributed by atoms with Gasteiger partial charge in [-0.25, -0.2) is 4.79 Å². The van der Waals surface area contributed by atoms with Crippen LogP contribution in [0, 0.1) is 0 Å². The molecule has 128 valence electrons. The summed E-state index contributed by atoms with van der Waals surface area (Å²) in [5.41, 5.74) is 1.03. The van der Waals surface area contributed by atoms with Crippen molar-refractivity contribution in [3.63, 3.8) is 0 Å². The van der Waals surface area contributed by atoms with Gasteiger partial charge in [0.05, 0.1) is 12.2 Å². The molecule has 1 aromatic carbocycles. The number of hydrogen-bond acceptors (Lipinski definition) is 4. The van der Waals surface area contributed by atoms with E-state index in [0.29, 0.717) is 19.6 Å². The molecular weight excluding hydrogens is 310 g/mol. The third-order valence-electron chi connectivity index (χ3n) is 3.46. The van der Waals surface area contributed by atoms with Crippen LogP contribution in [0.15, 0.2) is 41.0 Å². The van der Waals surface area contributed by atoms with Crippen LogP contribution < -0.4 is 10.1 Å². The molecule has 0 saturated carbocycles. The number of unbranched alkanes of at least 4 members (excludes halogenated alkanes) is 1. The van der Waals surface area contributed by atoms with Crippen LogP contribution in [-0.4, -0.2) is 30.1 Å². The van der Waals surface area contributed by atoms with Crippen molar-refractivity contribution >= 4 is 11.9 Å². The number of aromatic carboxylic acids is 1. The Kier molecular flexibility index (Phi) is 6.42. The maximum atomic E-state index is 11.9. The zero-order valence-corrected chi connectivity index (χ0v) is 13.6. The number of hydrogen-bond donors (Lipinski definition) is 2. The number of amides is 1. The molecule has 2 aromatic rings. The Morgan fingerprint density at radius 2 is 2.00 bits per heavy atom. The van der Waals surface area contributed by atoms with E-state index in [1.54, 1.807) is 0 Å². The quantitative estimate of drug-likeness (QED) is 0.689. The van der Waals surface area contributed by atoms with Gasteiger partial charge in [0.1, 0.15) is 12.0 Å². The van der Waals surface area contributed by atoms with Crippen LogP contribution in [0.1, 0.15) is 46.2 Å². The van der Waals surface area contributed by atoms with Crippen LogP contribution in [0.3, 0.4) is 0 Å². The van der Waals surface area contributed by atoms with E-state index in [1.807, 2.05) is 24.3 Å². The van der Waals surface area contributed by atoms with Crippen molar-refractivity contribution in [3.8, 4) is 5.75 Å². The minimum Gasteiger partial charge on any atom is -0.494 e. The third-order valence-corrected chi connectivity index (χ3v) is 3.46. The molecule has 0 atom stereocenters. The average Bonchev–Trinajstić information content (AvgIpc) is 3.07. The first-order valence-electron chi connectivity index (χ1n) is 7.92. The molecule has 2 N–H and O–H groups in total. The first-order chi connectivity index (χ1) is 11.6. The summed E-state index contributed by atoms with van der Waals surface area (Å²) < 4.78 is 10.5. The highest BCUT2D eigenvalue weighted by atomic mass is 16.5. The van der Waals surface area contributed by atoms with Gasteiger partial charge in [-0.1, -0.05) is 25.5 Å². The van der Waals surface area contributed by atoms with Gasteiger partial charge >= 0.3 is 5.97 Å². The van der Waals surface area contributed by atoms with Crippen LogP contribution in [0.25, 0.3) is 0 Å². The predicted octanol–water partition coefficient (Wildman–Crippen LogP) is 3.13. The molecule has 1 amide bonds. The third kappa shape index (κ3) is 5.15. The van der Waals surface area contributed by atoms with Crippen LogP contribution >= 0.6 is 0 Å². The number of carbonyl (C=O) groups excluding carboxylic acids is 1. The molecule has 0 aliphatic heterocycles. The number of furan rings is 1. The molecule has 1 heterocycles. The number of carbonyl (C=O) groups is 2. The molecule has 2 rings (SSSR count).